The van der Waals surface area contributed by atoms with Crippen LogP contribution in [0.5, 0.6) is 5.88 Å². The van der Waals surface area contributed by atoms with Crippen LogP contribution in [-0.2, 0) is 0 Å². The number of ether oxygens (including phenoxy) is 1. The van der Waals surface area contributed by atoms with Crippen LogP contribution in [0, 0.1) is 0 Å². The summed E-state index contributed by atoms with van der Waals surface area (Å²) in [6.45, 7) is 1.86. The highest BCUT2D eigenvalue weighted by molar-refractivity contribution is 5.94. The SMILES string of the molecule is COc1ccc(C(=O)NC(C)c2nnc3ccccn23)cn1. The molecule has 0 aromatic carbocycles. The van der Waals surface area contributed by atoms with Gasteiger partial charge in [-0.25, -0.2) is 4.98 Å². The highest BCUT2D eigenvalue weighted by atomic mass is 16.5. The molecule has 0 saturated heterocycles. The van der Waals surface area contributed by atoms with E-state index < -0.39 is 0 Å². The summed E-state index contributed by atoms with van der Waals surface area (Å²) >= 11 is 0. The van der Waals surface area contributed by atoms with Gasteiger partial charge in [0.15, 0.2) is 11.5 Å². The molecule has 0 fully saturated rings. The van der Waals surface area contributed by atoms with Crippen molar-refractivity contribution in [2.45, 2.75) is 13.0 Å². The monoisotopic (exact) mass is 297 g/mol. The number of nitrogens with one attached hydrogen (secondary N) is 1. The van der Waals surface area contributed by atoms with Gasteiger partial charge in [-0.3, -0.25) is 9.20 Å². The van der Waals surface area contributed by atoms with Gasteiger partial charge in [0.05, 0.1) is 18.7 Å². The van der Waals surface area contributed by atoms with Gasteiger partial charge in [-0.1, -0.05) is 6.07 Å². The molecule has 0 bridgehead atoms. The molecule has 0 saturated carbocycles. The summed E-state index contributed by atoms with van der Waals surface area (Å²) in [6.07, 6.45) is 3.34. The molecule has 3 heterocycles. The molecule has 3 aromatic rings. The fraction of sp³-hybridized carbons (Fsp3) is 0.200. The third-order valence-electron chi connectivity index (χ3n) is 3.28. The third kappa shape index (κ3) is 2.60. The van der Waals surface area contributed by atoms with E-state index in [1.807, 2.05) is 35.7 Å². The maximum absolute atomic E-state index is 12.2. The Balaban J connectivity index is 1.78. The minimum Gasteiger partial charge on any atom is -0.481 e. The Morgan fingerprint density at radius 1 is 1.27 bits per heavy atom. The van der Waals surface area contributed by atoms with E-state index in [0.717, 1.165) is 5.65 Å². The lowest BCUT2D eigenvalue weighted by Gasteiger charge is -2.12. The summed E-state index contributed by atoms with van der Waals surface area (Å²) in [4.78, 5) is 16.3. The van der Waals surface area contributed by atoms with Crippen LogP contribution in [0.15, 0.2) is 42.7 Å². The molecule has 1 amide bonds. The summed E-state index contributed by atoms with van der Waals surface area (Å²) in [5, 5.41) is 11.1. The minimum atomic E-state index is -0.285. The number of rotatable bonds is 4. The van der Waals surface area contributed by atoms with Gasteiger partial charge in [-0.15, -0.1) is 10.2 Å². The van der Waals surface area contributed by atoms with Crippen molar-refractivity contribution in [3.63, 3.8) is 0 Å². The van der Waals surface area contributed by atoms with E-state index in [4.69, 9.17) is 4.74 Å². The van der Waals surface area contributed by atoms with Crippen molar-refractivity contribution < 1.29 is 9.53 Å². The van der Waals surface area contributed by atoms with E-state index in [1.165, 1.54) is 13.3 Å². The van der Waals surface area contributed by atoms with Crippen LogP contribution in [0.1, 0.15) is 29.1 Å². The molecule has 3 rings (SSSR count). The van der Waals surface area contributed by atoms with Crippen molar-refractivity contribution >= 4 is 11.6 Å². The Morgan fingerprint density at radius 3 is 2.86 bits per heavy atom. The van der Waals surface area contributed by atoms with E-state index >= 15 is 0 Å². The molecule has 1 unspecified atom stereocenters. The lowest BCUT2D eigenvalue weighted by atomic mass is 10.2. The van der Waals surface area contributed by atoms with Crippen LogP contribution < -0.4 is 10.1 Å². The maximum Gasteiger partial charge on any atom is 0.253 e. The molecular formula is C15H15N5O2. The molecule has 0 aliphatic rings. The van der Waals surface area contributed by atoms with Crippen LogP contribution in [-0.4, -0.2) is 32.6 Å². The number of hydrogen-bond acceptors (Lipinski definition) is 5. The second-order valence-corrected chi connectivity index (χ2v) is 4.77. The number of pyridine rings is 2. The highest BCUT2D eigenvalue weighted by Crippen LogP contribution is 2.13. The Bertz CT molecular complexity index is 797. The predicted octanol–water partition coefficient (Wildman–Crippen LogP) is 1.62. The molecule has 7 heteroatoms. The van der Waals surface area contributed by atoms with E-state index in [1.54, 1.807) is 12.1 Å². The molecule has 7 nitrogen and oxygen atoms in total. The molecule has 1 atom stereocenters. The molecule has 0 aliphatic heterocycles. The first kappa shape index (κ1) is 14.0. The fourth-order valence-electron chi connectivity index (χ4n) is 2.14. The van der Waals surface area contributed by atoms with E-state index in [9.17, 15) is 4.79 Å². The number of amides is 1. The van der Waals surface area contributed by atoms with E-state index in [0.29, 0.717) is 17.3 Å². The summed E-state index contributed by atoms with van der Waals surface area (Å²) < 4.78 is 6.82. The average molecular weight is 297 g/mol. The zero-order valence-corrected chi connectivity index (χ0v) is 12.2. The van der Waals surface area contributed by atoms with Gasteiger partial charge in [0.25, 0.3) is 5.91 Å². The van der Waals surface area contributed by atoms with Gasteiger partial charge in [0.2, 0.25) is 5.88 Å². The van der Waals surface area contributed by atoms with E-state index in [-0.39, 0.29) is 11.9 Å². The Hall–Kier alpha value is -2.96. The molecule has 0 aliphatic carbocycles. The van der Waals surface area contributed by atoms with Gasteiger partial charge in [-0.2, -0.15) is 0 Å². The average Bonchev–Trinajstić information content (AvgIpc) is 2.99. The topological polar surface area (TPSA) is 81.4 Å². The molecule has 112 valence electrons. The van der Waals surface area contributed by atoms with Gasteiger partial charge < -0.3 is 10.1 Å². The van der Waals surface area contributed by atoms with Gasteiger partial charge >= 0.3 is 0 Å². The largest absolute Gasteiger partial charge is 0.481 e. The summed E-state index contributed by atoms with van der Waals surface area (Å²) in [7, 11) is 1.53. The number of methoxy groups -OCH3 is 1. The predicted molar refractivity (Wildman–Crippen MR) is 79.7 cm³/mol. The van der Waals surface area contributed by atoms with Crippen LogP contribution in [0.25, 0.3) is 5.65 Å². The standard InChI is InChI=1S/C15H15N5O2/c1-10(14-19-18-12-5-3-4-8-20(12)14)17-15(21)11-6-7-13(22-2)16-9-11/h3-10H,1-2H3,(H,17,21). The van der Waals surface area contributed by atoms with Crippen molar-refractivity contribution in [1.82, 2.24) is 24.9 Å². The Kier molecular flexibility index (Phi) is 3.69. The van der Waals surface area contributed by atoms with Gasteiger partial charge in [0.1, 0.15) is 0 Å². The number of carbonyl (C=O) groups is 1. The second-order valence-electron chi connectivity index (χ2n) is 4.77. The van der Waals surface area contributed by atoms with Crippen LogP contribution in [0.2, 0.25) is 0 Å². The van der Waals surface area contributed by atoms with Crippen molar-refractivity contribution in [3.8, 4) is 5.88 Å². The van der Waals surface area contributed by atoms with E-state index in [2.05, 4.69) is 20.5 Å². The van der Waals surface area contributed by atoms with Crippen LogP contribution in [0.3, 0.4) is 0 Å². The third-order valence-corrected chi connectivity index (χ3v) is 3.28. The number of hydrogen-bond donors (Lipinski definition) is 1. The van der Waals surface area contributed by atoms with Crippen LogP contribution >= 0.6 is 0 Å². The molecule has 22 heavy (non-hydrogen) atoms. The quantitative estimate of drug-likeness (QED) is 0.791. The Labute approximate surface area is 127 Å². The van der Waals surface area contributed by atoms with Crippen LogP contribution in [0.4, 0.5) is 0 Å². The van der Waals surface area contributed by atoms with Crippen molar-refractivity contribution in [3.05, 3.63) is 54.1 Å². The van der Waals surface area contributed by atoms with Crippen molar-refractivity contribution in [2.75, 3.05) is 7.11 Å². The normalized spacial score (nSPS) is 12.1. The lowest BCUT2D eigenvalue weighted by molar-refractivity contribution is 0.0937. The highest BCUT2D eigenvalue weighted by Gasteiger charge is 2.16. The van der Waals surface area contributed by atoms with Crippen molar-refractivity contribution in [1.29, 1.82) is 0 Å². The molecule has 1 N–H and O–H groups in total. The molecular weight excluding hydrogens is 282 g/mol. The fourth-order valence-corrected chi connectivity index (χ4v) is 2.14. The molecule has 3 aromatic heterocycles. The summed E-state index contributed by atoms with van der Waals surface area (Å²) in [5.74, 6) is 0.911. The summed E-state index contributed by atoms with van der Waals surface area (Å²) in [5.41, 5.74) is 1.20. The maximum atomic E-state index is 12.2. The first-order valence-electron chi connectivity index (χ1n) is 6.79. The smallest absolute Gasteiger partial charge is 0.253 e. The first-order chi connectivity index (χ1) is 10.7. The number of aromatic nitrogens is 4. The first-order valence-corrected chi connectivity index (χ1v) is 6.79. The molecule has 0 radical (unpaired) electrons. The van der Waals surface area contributed by atoms with Gasteiger partial charge in [0, 0.05) is 18.5 Å². The Morgan fingerprint density at radius 2 is 2.14 bits per heavy atom. The zero-order chi connectivity index (χ0) is 15.5. The minimum absolute atomic E-state index is 0.227. The molecule has 0 spiro atoms. The number of carbonyl (C=O) groups excluding carboxylic acids is 1. The number of fused-ring (bicyclic) bond motifs is 1. The lowest BCUT2D eigenvalue weighted by Crippen LogP contribution is -2.28. The summed E-state index contributed by atoms with van der Waals surface area (Å²) in [6, 6.07) is 8.66. The number of nitrogens with zero attached hydrogens (tertiary/aromatic N) is 4. The zero-order valence-electron chi connectivity index (χ0n) is 12.2. The van der Waals surface area contributed by atoms with Gasteiger partial charge in [-0.05, 0) is 25.1 Å². The second kappa shape index (κ2) is 5.80. The van der Waals surface area contributed by atoms with Crippen molar-refractivity contribution in [2.24, 2.45) is 0 Å².